The number of carbonyl (C=O) groups is 1. The minimum Gasteiger partial charge on any atom is -0.460 e. The second-order valence-electron chi connectivity index (χ2n) is 7.94. The minimum absolute atomic E-state index is 0. The first-order valence-electron chi connectivity index (χ1n) is 9.27. The van der Waals surface area contributed by atoms with Crippen LogP contribution in [-0.4, -0.2) is 53.6 Å². The Labute approximate surface area is 185 Å². The largest absolute Gasteiger partial charge is 0.460 e. The van der Waals surface area contributed by atoms with Crippen molar-refractivity contribution in [3.8, 4) is 0 Å². The first-order valence-corrected chi connectivity index (χ1v) is 15.5. The van der Waals surface area contributed by atoms with Crippen LogP contribution in [0.25, 0.3) is 0 Å². The predicted octanol–water partition coefficient (Wildman–Crippen LogP) is 6.64. The van der Waals surface area contributed by atoms with E-state index in [9.17, 15) is 9.90 Å². The van der Waals surface area contributed by atoms with Crippen molar-refractivity contribution in [2.45, 2.75) is 107 Å². The van der Waals surface area contributed by atoms with Gasteiger partial charge in [0.1, 0.15) is 12.7 Å². The van der Waals surface area contributed by atoms with Gasteiger partial charge in [-0.1, -0.05) is 56.1 Å². The number of carbonyl (C=O) groups excluding carboxylic acids is 1. The average Bonchev–Trinajstić information content (AvgIpc) is 2.48. The molecule has 1 N–H and O–H groups in total. The number of hydrogen-bond acceptors (Lipinski definition) is 5. The normalized spacial score (nSPS) is 11.7. The summed E-state index contributed by atoms with van der Waals surface area (Å²) in [6.45, 7) is 17.2. The lowest BCUT2D eigenvalue weighted by Crippen LogP contribution is -2.44. The van der Waals surface area contributed by atoms with Crippen LogP contribution in [0.4, 0.5) is 0 Å². The van der Waals surface area contributed by atoms with Crippen LogP contribution in [0.3, 0.4) is 0 Å². The van der Waals surface area contributed by atoms with Crippen LogP contribution >= 0.6 is 0 Å². The molecule has 1 atom stereocenters. The molecule has 0 saturated heterocycles. The molecule has 0 spiro atoms. The molecule has 0 radical (unpaired) electrons. The molecule has 29 heavy (non-hydrogen) atoms. The Morgan fingerprint density at radius 3 is 1.90 bits per heavy atom. The minimum atomic E-state index is -1.67. The molecule has 0 aromatic heterocycles. The Morgan fingerprint density at radius 1 is 0.966 bits per heavy atom. The summed E-state index contributed by atoms with van der Waals surface area (Å²) in [7, 11) is -3.22. The van der Waals surface area contributed by atoms with Crippen molar-refractivity contribution in [3.63, 3.8) is 0 Å². The Balaban J connectivity index is -0.000000480. The van der Waals surface area contributed by atoms with Gasteiger partial charge < -0.3 is 18.7 Å². The molecule has 0 aliphatic rings. The van der Waals surface area contributed by atoms with Crippen LogP contribution in [0.1, 0.15) is 62.8 Å². The van der Waals surface area contributed by atoms with E-state index in [1.807, 2.05) is 0 Å². The lowest BCUT2D eigenvalue weighted by molar-refractivity contribution is -0.143. The van der Waals surface area contributed by atoms with Gasteiger partial charge in [-0.3, -0.25) is 0 Å². The fraction of sp³-hybridized carbons (Fsp3) is 0.864. The van der Waals surface area contributed by atoms with Gasteiger partial charge in [0.25, 0.3) is 0 Å². The Morgan fingerprint density at radius 2 is 1.45 bits per heavy atom. The average molecular weight is 455 g/mol. The fourth-order valence-electron chi connectivity index (χ4n) is 2.62. The van der Waals surface area contributed by atoms with Crippen LogP contribution in [0, 0.1) is 0 Å². The van der Waals surface area contributed by atoms with Crippen molar-refractivity contribution in [1.82, 2.24) is 0 Å². The highest BCUT2D eigenvalue weighted by molar-refractivity contribution is 6.84. The van der Waals surface area contributed by atoms with Gasteiger partial charge in [-0.25, -0.2) is 4.79 Å². The molecule has 0 saturated carbocycles. The zero-order valence-electron chi connectivity index (χ0n) is 17.0. The Kier molecular flexibility index (Phi) is 26.2. The highest BCUT2D eigenvalue weighted by Crippen LogP contribution is 2.24. The summed E-state index contributed by atoms with van der Waals surface area (Å²) in [4.78, 5) is 11.2. The summed E-state index contributed by atoms with van der Waals surface area (Å²) in [5, 5.41) is 9.73. The zero-order chi connectivity index (χ0) is 19.5. The third-order valence-electron chi connectivity index (χ3n) is 3.82. The molecule has 0 rings (SSSR count). The zero-order valence-corrected chi connectivity index (χ0v) is 19.0. The van der Waals surface area contributed by atoms with Gasteiger partial charge in [-0.15, -0.1) is 0 Å². The van der Waals surface area contributed by atoms with E-state index >= 15 is 0 Å². The van der Waals surface area contributed by atoms with E-state index in [0.717, 1.165) is 12.5 Å². The summed E-state index contributed by atoms with van der Waals surface area (Å²) in [6.07, 6.45) is 2.60. The molecule has 0 aromatic rings. The van der Waals surface area contributed by atoms with Crippen molar-refractivity contribution in [3.05, 3.63) is 12.2 Å². The standard InChI is InChI=1S/C18H38O5Si2.4CH4/c1-8-9-12-24(4,5)23-25(6,7)13-10-11-21-14-17(19)15-22-18(20)16(2)3;;;;/h17,19H,2,8-15H2,1,3-7H3;4*1H4. The molecule has 7 heteroatoms. The second-order valence-corrected chi connectivity index (χ2v) is 16.8. The van der Waals surface area contributed by atoms with Gasteiger partial charge in [0.15, 0.2) is 16.6 Å². The van der Waals surface area contributed by atoms with E-state index in [0.29, 0.717) is 12.2 Å². The van der Waals surface area contributed by atoms with Gasteiger partial charge in [0, 0.05) is 12.2 Å². The highest BCUT2D eigenvalue weighted by Gasteiger charge is 2.32. The second kappa shape index (κ2) is 19.5. The van der Waals surface area contributed by atoms with E-state index in [1.165, 1.54) is 18.9 Å². The summed E-state index contributed by atoms with van der Waals surface area (Å²) >= 11 is 0. The van der Waals surface area contributed by atoms with E-state index in [4.69, 9.17) is 13.6 Å². The predicted molar refractivity (Wildman–Crippen MR) is 135 cm³/mol. The van der Waals surface area contributed by atoms with Gasteiger partial charge in [-0.05, 0) is 51.6 Å². The molecule has 180 valence electrons. The monoisotopic (exact) mass is 454 g/mol. The third-order valence-corrected chi connectivity index (χ3v) is 11.4. The number of rotatable bonds is 14. The summed E-state index contributed by atoms with van der Waals surface area (Å²) < 4.78 is 16.9. The fourth-order valence-corrected chi connectivity index (χ4v) is 11.6. The van der Waals surface area contributed by atoms with Gasteiger partial charge in [0.2, 0.25) is 0 Å². The van der Waals surface area contributed by atoms with Crippen molar-refractivity contribution in [2.24, 2.45) is 0 Å². The molecule has 0 aliphatic heterocycles. The molecule has 1 unspecified atom stereocenters. The maximum atomic E-state index is 11.2. The Bertz CT molecular complexity index is 412. The van der Waals surface area contributed by atoms with E-state index in [-0.39, 0.29) is 42.9 Å². The highest BCUT2D eigenvalue weighted by atomic mass is 28.4. The molecule has 0 aromatic carbocycles. The number of aliphatic hydroxyl groups excluding tert-OH is 1. The number of hydrogen-bond donors (Lipinski definition) is 1. The van der Waals surface area contributed by atoms with Crippen molar-refractivity contribution in [1.29, 1.82) is 0 Å². The van der Waals surface area contributed by atoms with Gasteiger partial charge >= 0.3 is 5.97 Å². The number of ether oxygens (including phenoxy) is 2. The van der Waals surface area contributed by atoms with Crippen LogP contribution in [-0.2, 0) is 18.4 Å². The van der Waals surface area contributed by atoms with Crippen molar-refractivity contribution < 1.29 is 23.5 Å². The molecular formula is C22H54O5Si2. The molecule has 0 fully saturated rings. The van der Waals surface area contributed by atoms with Crippen LogP contribution in [0.5, 0.6) is 0 Å². The molecule has 0 heterocycles. The number of esters is 1. The smallest absolute Gasteiger partial charge is 0.333 e. The summed E-state index contributed by atoms with van der Waals surface area (Å²) in [6, 6.07) is 2.28. The maximum absolute atomic E-state index is 11.2. The summed E-state index contributed by atoms with van der Waals surface area (Å²) in [5.74, 6) is -0.487. The van der Waals surface area contributed by atoms with E-state index < -0.39 is 28.7 Å². The van der Waals surface area contributed by atoms with Gasteiger partial charge in [0.05, 0.1) is 6.61 Å². The topological polar surface area (TPSA) is 65.0 Å². The SMILES string of the molecule is C.C.C.C.C=C(C)C(=O)OCC(O)COCCC[Si](C)(C)O[Si](C)(C)CCCC. The molecular weight excluding hydrogens is 400 g/mol. The summed E-state index contributed by atoms with van der Waals surface area (Å²) in [5.41, 5.74) is 0.325. The van der Waals surface area contributed by atoms with Crippen LogP contribution in [0.2, 0.25) is 38.3 Å². The Hall–Kier alpha value is -0.476. The lowest BCUT2D eigenvalue weighted by atomic mass is 10.3. The number of aliphatic hydroxyl groups is 1. The van der Waals surface area contributed by atoms with E-state index in [2.05, 4.69) is 39.7 Å². The lowest BCUT2D eigenvalue weighted by Gasteiger charge is -2.34. The molecule has 5 nitrogen and oxygen atoms in total. The van der Waals surface area contributed by atoms with Crippen molar-refractivity contribution in [2.75, 3.05) is 19.8 Å². The van der Waals surface area contributed by atoms with E-state index in [1.54, 1.807) is 6.92 Å². The maximum Gasteiger partial charge on any atom is 0.333 e. The first-order chi connectivity index (χ1) is 11.5. The third kappa shape index (κ3) is 22.0. The van der Waals surface area contributed by atoms with Gasteiger partial charge in [-0.2, -0.15) is 0 Å². The first kappa shape index (κ1) is 39.0. The quantitative estimate of drug-likeness (QED) is 0.138. The molecule has 0 amide bonds. The van der Waals surface area contributed by atoms with Crippen LogP contribution in [0.15, 0.2) is 12.2 Å². The van der Waals surface area contributed by atoms with Crippen molar-refractivity contribution >= 4 is 22.6 Å². The van der Waals surface area contributed by atoms with Crippen LogP contribution < -0.4 is 0 Å². The number of unbranched alkanes of at least 4 members (excludes halogenated alkanes) is 1. The molecule has 0 bridgehead atoms. The molecule has 0 aliphatic carbocycles.